The summed E-state index contributed by atoms with van der Waals surface area (Å²) in [4.78, 5) is 0. The van der Waals surface area contributed by atoms with Crippen LogP contribution in [0.2, 0.25) is 0 Å². The van der Waals surface area contributed by atoms with Crippen LogP contribution in [0, 0.1) is 0 Å². The lowest BCUT2D eigenvalue weighted by Crippen LogP contribution is -2.00. The number of rotatable bonds is 12. The third kappa shape index (κ3) is 12.5. The monoisotopic (exact) mass is 294 g/mol. The Morgan fingerprint density at radius 3 is 1.69 bits per heavy atom. The predicted octanol–water partition coefficient (Wildman–Crippen LogP) is 6.03. The van der Waals surface area contributed by atoms with Crippen LogP contribution in [0.4, 0.5) is 4.39 Å². The maximum Gasteiger partial charge on any atom is 0.110 e. The first-order valence-electron chi connectivity index (χ1n) is 7.01. The van der Waals surface area contributed by atoms with Gasteiger partial charge in [-0.1, -0.05) is 87.1 Å². The first-order valence-corrected chi connectivity index (χ1v) is 8.13. The molecule has 98 valence electrons. The van der Waals surface area contributed by atoms with Gasteiger partial charge in [0.05, 0.1) is 0 Å². The van der Waals surface area contributed by atoms with Crippen LogP contribution < -0.4 is 0 Å². The standard InChI is InChI=1S/C14H28BrF/c1-2-3-4-5-6-7-8-9-10-11-12-14(16)13-15/h14H,2-13H2,1H3. The zero-order valence-corrected chi connectivity index (χ0v) is 12.4. The van der Waals surface area contributed by atoms with E-state index in [1.165, 1.54) is 57.8 Å². The van der Waals surface area contributed by atoms with Crippen LogP contribution in [-0.2, 0) is 0 Å². The van der Waals surface area contributed by atoms with Gasteiger partial charge in [0, 0.05) is 5.33 Å². The van der Waals surface area contributed by atoms with Crippen molar-refractivity contribution in [1.29, 1.82) is 0 Å². The minimum atomic E-state index is -0.631. The van der Waals surface area contributed by atoms with E-state index in [1.54, 1.807) is 0 Å². The van der Waals surface area contributed by atoms with Gasteiger partial charge in [-0.3, -0.25) is 0 Å². The van der Waals surface area contributed by atoms with Crippen molar-refractivity contribution in [2.75, 3.05) is 5.33 Å². The Bertz CT molecular complexity index is 128. The Hall–Kier alpha value is 0.410. The maximum atomic E-state index is 12.8. The first-order chi connectivity index (χ1) is 7.81. The van der Waals surface area contributed by atoms with E-state index in [0.717, 1.165) is 12.8 Å². The van der Waals surface area contributed by atoms with Gasteiger partial charge in [-0.25, -0.2) is 4.39 Å². The van der Waals surface area contributed by atoms with Gasteiger partial charge in [0.2, 0.25) is 0 Å². The Morgan fingerprint density at radius 1 is 0.812 bits per heavy atom. The normalized spacial score (nSPS) is 12.9. The summed E-state index contributed by atoms with van der Waals surface area (Å²) in [5, 5.41) is 0.504. The quantitative estimate of drug-likeness (QED) is 0.304. The zero-order chi connectivity index (χ0) is 12.1. The van der Waals surface area contributed by atoms with Crippen molar-refractivity contribution in [3.63, 3.8) is 0 Å². The molecule has 1 unspecified atom stereocenters. The Kier molecular flexibility index (Phi) is 13.8. The van der Waals surface area contributed by atoms with E-state index in [0.29, 0.717) is 5.33 Å². The summed E-state index contributed by atoms with van der Waals surface area (Å²) in [6.07, 6.45) is 13.3. The molecule has 2 heteroatoms. The van der Waals surface area contributed by atoms with Crippen molar-refractivity contribution in [1.82, 2.24) is 0 Å². The van der Waals surface area contributed by atoms with Gasteiger partial charge < -0.3 is 0 Å². The molecule has 0 N–H and O–H groups in total. The molecule has 0 aromatic carbocycles. The summed E-state index contributed by atoms with van der Waals surface area (Å²) in [5.74, 6) is 0. The predicted molar refractivity (Wildman–Crippen MR) is 75.2 cm³/mol. The van der Waals surface area contributed by atoms with Crippen LogP contribution in [0.15, 0.2) is 0 Å². The van der Waals surface area contributed by atoms with Gasteiger partial charge in [-0.05, 0) is 6.42 Å². The van der Waals surface area contributed by atoms with Crippen molar-refractivity contribution in [2.24, 2.45) is 0 Å². The largest absolute Gasteiger partial charge is 0.247 e. The Morgan fingerprint density at radius 2 is 1.25 bits per heavy atom. The van der Waals surface area contributed by atoms with E-state index in [2.05, 4.69) is 22.9 Å². The molecule has 0 saturated carbocycles. The molecule has 0 amide bonds. The third-order valence-electron chi connectivity index (χ3n) is 3.04. The molecule has 0 aromatic heterocycles. The molecule has 0 bridgehead atoms. The van der Waals surface area contributed by atoms with Crippen LogP contribution in [0.25, 0.3) is 0 Å². The number of unbranched alkanes of at least 4 members (excludes halogenated alkanes) is 9. The second-order valence-corrected chi connectivity index (χ2v) is 5.37. The van der Waals surface area contributed by atoms with E-state index in [9.17, 15) is 4.39 Å². The Balaban J connectivity index is 2.93. The lowest BCUT2D eigenvalue weighted by molar-refractivity contribution is 0.337. The van der Waals surface area contributed by atoms with Crippen LogP contribution >= 0.6 is 15.9 Å². The third-order valence-corrected chi connectivity index (χ3v) is 3.74. The van der Waals surface area contributed by atoms with Crippen molar-refractivity contribution in [3.05, 3.63) is 0 Å². The molecule has 16 heavy (non-hydrogen) atoms. The molecule has 0 nitrogen and oxygen atoms in total. The topological polar surface area (TPSA) is 0 Å². The highest BCUT2D eigenvalue weighted by Gasteiger charge is 2.02. The second kappa shape index (κ2) is 13.5. The summed E-state index contributed by atoms with van der Waals surface area (Å²) < 4.78 is 12.8. The van der Waals surface area contributed by atoms with Gasteiger partial charge in [-0.15, -0.1) is 0 Å². The number of alkyl halides is 2. The van der Waals surface area contributed by atoms with Crippen LogP contribution in [0.5, 0.6) is 0 Å². The minimum Gasteiger partial charge on any atom is -0.247 e. The minimum absolute atomic E-state index is 0.504. The van der Waals surface area contributed by atoms with Crippen molar-refractivity contribution >= 4 is 15.9 Å². The van der Waals surface area contributed by atoms with Crippen LogP contribution in [0.1, 0.15) is 77.6 Å². The van der Waals surface area contributed by atoms with Gasteiger partial charge >= 0.3 is 0 Å². The highest BCUT2D eigenvalue weighted by atomic mass is 79.9. The van der Waals surface area contributed by atoms with E-state index in [-0.39, 0.29) is 0 Å². The summed E-state index contributed by atoms with van der Waals surface area (Å²) in [6, 6.07) is 0. The molecule has 1 atom stereocenters. The number of halogens is 2. The fourth-order valence-corrected chi connectivity index (χ4v) is 2.25. The highest BCUT2D eigenvalue weighted by Crippen LogP contribution is 2.13. The van der Waals surface area contributed by atoms with Crippen LogP contribution in [-0.4, -0.2) is 11.5 Å². The zero-order valence-electron chi connectivity index (χ0n) is 10.8. The highest BCUT2D eigenvalue weighted by molar-refractivity contribution is 9.09. The molecule has 0 aliphatic carbocycles. The molecule has 0 radical (unpaired) electrons. The average molecular weight is 295 g/mol. The van der Waals surface area contributed by atoms with Crippen molar-refractivity contribution < 1.29 is 4.39 Å². The molecule has 0 fully saturated rings. The average Bonchev–Trinajstić information content (AvgIpc) is 2.31. The van der Waals surface area contributed by atoms with Gasteiger partial charge in [0.15, 0.2) is 0 Å². The van der Waals surface area contributed by atoms with Crippen LogP contribution in [0.3, 0.4) is 0 Å². The van der Waals surface area contributed by atoms with Crippen molar-refractivity contribution in [3.8, 4) is 0 Å². The lowest BCUT2D eigenvalue weighted by Gasteiger charge is -2.04. The fourth-order valence-electron chi connectivity index (χ4n) is 1.93. The number of hydrogen-bond donors (Lipinski definition) is 0. The SMILES string of the molecule is CCCCCCCCCCCCC(F)CBr. The van der Waals surface area contributed by atoms with Gasteiger partial charge in [0.1, 0.15) is 6.17 Å². The smallest absolute Gasteiger partial charge is 0.110 e. The van der Waals surface area contributed by atoms with Gasteiger partial charge in [-0.2, -0.15) is 0 Å². The summed E-state index contributed by atoms with van der Waals surface area (Å²) in [5.41, 5.74) is 0. The van der Waals surface area contributed by atoms with E-state index >= 15 is 0 Å². The molecule has 0 spiro atoms. The molecule has 0 saturated heterocycles. The summed E-state index contributed by atoms with van der Waals surface area (Å²) in [6.45, 7) is 2.26. The molecular weight excluding hydrogens is 267 g/mol. The molecule has 0 heterocycles. The Labute approximate surface area is 110 Å². The molecule has 0 aliphatic heterocycles. The maximum absolute atomic E-state index is 12.8. The molecule has 0 rings (SSSR count). The molecule has 0 aliphatic rings. The van der Waals surface area contributed by atoms with E-state index in [4.69, 9.17) is 0 Å². The fraction of sp³-hybridized carbons (Fsp3) is 1.00. The van der Waals surface area contributed by atoms with E-state index in [1.807, 2.05) is 0 Å². The first kappa shape index (κ1) is 16.4. The number of hydrogen-bond acceptors (Lipinski definition) is 0. The molecular formula is C14H28BrF. The van der Waals surface area contributed by atoms with E-state index < -0.39 is 6.17 Å². The lowest BCUT2D eigenvalue weighted by atomic mass is 10.1. The van der Waals surface area contributed by atoms with Gasteiger partial charge in [0.25, 0.3) is 0 Å². The molecule has 0 aromatic rings. The summed E-state index contributed by atoms with van der Waals surface area (Å²) >= 11 is 3.16. The van der Waals surface area contributed by atoms with Crippen molar-refractivity contribution in [2.45, 2.75) is 83.7 Å². The second-order valence-electron chi connectivity index (χ2n) is 4.72. The summed E-state index contributed by atoms with van der Waals surface area (Å²) in [7, 11) is 0.